The minimum atomic E-state index is -3.62. The molecule has 0 radical (unpaired) electrons. The SMILES string of the molecule is COc1c(Br)cc(Cl)cc1S(=O)(=O)N1CCC(N2CCCC2)CC1. The molecule has 2 aliphatic heterocycles. The predicted octanol–water partition coefficient (Wildman–Crippen LogP) is 3.36. The third-order valence-electron chi connectivity index (χ3n) is 4.88. The molecule has 1 aromatic carbocycles. The molecule has 0 spiro atoms. The molecule has 2 aliphatic rings. The van der Waals surface area contributed by atoms with Crippen LogP contribution in [0.25, 0.3) is 0 Å². The van der Waals surface area contributed by atoms with E-state index in [9.17, 15) is 8.42 Å². The van der Waals surface area contributed by atoms with Crippen LogP contribution < -0.4 is 4.74 Å². The van der Waals surface area contributed by atoms with E-state index in [1.165, 1.54) is 26.0 Å². The van der Waals surface area contributed by atoms with Gasteiger partial charge in [-0.1, -0.05) is 11.6 Å². The molecule has 0 amide bonds. The molecule has 0 unspecified atom stereocenters. The minimum absolute atomic E-state index is 0.129. The second kappa shape index (κ2) is 7.50. The lowest BCUT2D eigenvalue weighted by atomic mass is 10.1. The second-order valence-electron chi connectivity index (χ2n) is 6.30. The summed E-state index contributed by atoms with van der Waals surface area (Å²) in [6.45, 7) is 3.37. The zero-order valence-corrected chi connectivity index (χ0v) is 16.8. The summed E-state index contributed by atoms with van der Waals surface area (Å²) < 4.78 is 33.5. The zero-order chi connectivity index (χ0) is 17.3. The van der Waals surface area contributed by atoms with E-state index in [1.54, 1.807) is 10.4 Å². The van der Waals surface area contributed by atoms with E-state index in [0.29, 0.717) is 34.4 Å². The maximum Gasteiger partial charge on any atom is 0.246 e. The van der Waals surface area contributed by atoms with Crippen LogP contribution >= 0.6 is 27.5 Å². The lowest BCUT2D eigenvalue weighted by Gasteiger charge is -2.36. The number of likely N-dealkylation sites (tertiary alicyclic amines) is 1. The Morgan fingerprint density at radius 1 is 1.17 bits per heavy atom. The average Bonchev–Trinajstić information content (AvgIpc) is 3.09. The number of halogens is 2. The molecule has 0 bridgehead atoms. The number of nitrogens with zero attached hydrogens (tertiary/aromatic N) is 2. The smallest absolute Gasteiger partial charge is 0.246 e. The average molecular weight is 438 g/mol. The Morgan fingerprint density at radius 2 is 1.79 bits per heavy atom. The first-order chi connectivity index (χ1) is 11.4. The summed E-state index contributed by atoms with van der Waals surface area (Å²) in [5, 5.41) is 0.369. The first-order valence-electron chi connectivity index (χ1n) is 8.20. The van der Waals surface area contributed by atoms with Gasteiger partial charge in [-0.3, -0.25) is 0 Å². The van der Waals surface area contributed by atoms with Gasteiger partial charge in [-0.15, -0.1) is 0 Å². The van der Waals surface area contributed by atoms with Gasteiger partial charge in [0.25, 0.3) is 0 Å². The Bertz CT molecular complexity index is 700. The highest BCUT2D eigenvalue weighted by molar-refractivity contribution is 9.10. The maximum absolute atomic E-state index is 13.1. The molecule has 1 aromatic rings. The van der Waals surface area contributed by atoms with Gasteiger partial charge >= 0.3 is 0 Å². The van der Waals surface area contributed by atoms with Gasteiger partial charge in [-0.25, -0.2) is 8.42 Å². The lowest BCUT2D eigenvalue weighted by Crippen LogP contribution is -2.45. The van der Waals surface area contributed by atoms with Gasteiger partial charge in [-0.2, -0.15) is 4.31 Å². The van der Waals surface area contributed by atoms with Crippen molar-refractivity contribution in [1.29, 1.82) is 0 Å². The molecule has 2 saturated heterocycles. The molecule has 2 fully saturated rings. The second-order valence-corrected chi connectivity index (χ2v) is 9.49. The molecular weight excluding hydrogens is 416 g/mol. The highest BCUT2D eigenvalue weighted by atomic mass is 79.9. The van der Waals surface area contributed by atoms with Crippen LogP contribution in [0.15, 0.2) is 21.5 Å². The first kappa shape index (κ1) is 18.5. The van der Waals surface area contributed by atoms with Crippen molar-refractivity contribution in [2.24, 2.45) is 0 Å². The van der Waals surface area contributed by atoms with Gasteiger partial charge in [0.1, 0.15) is 4.90 Å². The van der Waals surface area contributed by atoms with Crippen LogP contribution in [0.4, 0.5) is 0 Å². The normalized spacial score (nSPS) is 21.3. The number of benzene rings is 1. The van der Waals surface area contributed by atoms with Crippen molar-refractivity contribution < 1.29 is 13.2 Å². The fourth-order valence-electron chi connectivity index (χ4n) is 3.62. The third kappa shape index (κ3) is 3.60. The van der Waals surface area contributed by atoms with E-state index < -0.39 is 10.0 Å². The van der Waals surface area contributed by atoms with Crippen molar-refractivity contribution in [2.45, 2.75) is 36.6 Å². The topological polar surface area (TPSA) is 49.9 Å². The summed E-state index contributed by atoms with van der Waals surface area (Å²) in [5.41, 5.74) is 0. The Kier molecular flexibility index (Phi) is 5.76. The Hall–Kier alpha value is -0.340. The van der Waals surface area contributed by atoms with Crippen LogP contribution in [0.2, 0.25) is 5.02 Å². The molecule has 5 nitrogen and oxygen atoms in total. The number of hydrogen-bond donors (Lipinski definition) is 0. The molecular formula is C16H22BrClN2O3S. The summed E-state index contributed by atoms with van der Waals surface area (Å²) in [6.07, 6.45) is 4.27. The summed E-state index contributed by atoms with van der Waals surface area (Å²) in [7, 11) is -2.16. The van der Waals surface area contributed by atoms with Crippen molar-refractivity contribution in [3.63, 3.8) is 0 Å². The summed E-state index contributed by atoms with van der Waals surface area (Å²) in [5.74, 6) is 0.307. The van der Waals surface area contributed by atoms with Gasteiger partial charge in [0, 0.05) is 24.2 Å². The number of hydrogen-bond acceptors (Lipinski definition) is 4. The molecule has 0 N–H and O–H groups in total. The number of methoxy groups -OCH3 is 1. The molecule has 0 aliphatic carbocycles. The molecule has 8 heteroatoms. The molecule has 24 heavy (non-hydrogen) atoms. The Morgan fingerprint density at radius 3 is 2.38 bits per heavy atom. The highest BCUT2D eigenvalue weighted by Gasteiger charge is 2.34. The van der Waals surface area contributed by atoms with Crippen LogP contribution in [-0.2, 0) is 10.0 Å². The van der Waals surface area contributed by atoms with E-state index in [2.05, 4.69) is 20.8 Å². The van der Waals surface area contributed by atoms with Gasteiger partial charge in [0.15, 0.2) is 5.75 Å². The summed E-state index contributed by atoms with van der Waals surface area (Å²) >= 11 is 9.39. The van der Waals surface area contributed by atoms with Crippen LogP contribution in [0, 0.1) is 0 Å². The van der Waals surface area contributed by atoms with Crippen molar-refractivity contribution in [3.05, 3.63) is 21.6 Å². The van der Waals surface area contributed by atoms with E-state index in [1.807, 2.05) is 0 Å². The fraction of sp³-hybridized carbons (Fsp3) is 0.625. The largest absolute Gasteiger partial charge is 0.494 e. The van der Waals surface area contributed by atoms with Crippen molar-refractivity contribution in [1.82, 2.24) is 9.21 Å². The zero-order valence-electron chi connectivity index (χ0n) is 13.7. The quantitative estimate of drug-likeness (QED) is 0.725. The van der Waals surface area contributed by atoms with Crippen LogP contribution in [-0.4, -0.2) is 57.0 Å². The lowest BCUT2D eigenvalue weighted by molar-refractivity contribution is 0.167. The molecule has 2 heterocycles. The van der Waals surface area contributed by atoms with Crippen LogP contribution in [0.5, 0.6) is 5.75 Å². The summed E-state index contributed by atoms with van der Waals surface area (Å²) in [4.78, 5) is 2.63. The Balaban J connectivity index is 1.79. The van der Waals surface area contributed by atoms with E-state index in [-0.39, 0.29) is 4.90 Å². The van der Waals surface area contributed by atoms with E-state index >= 15 is 0 Å². The van der Waals surface area contributed by atoms with Gasteiger partial charge in [-0.05, 0) is 66.8 Å². The van der Waals surface area contributed by atoms with Crippen molar-refractivity contribution in [2.75, 3.05) is 33.3 Å². The molecule has 3 rings (SSSR count). The molecule has 0 aromatic heterocycles. The number of piperidine rings is 1. The predicted molar refractivity (Wildman–Crippen MR) is 98.3 cm³/mol. The molecule has 0 saturated carbocycles. The van der Waals surface area contributed by atoms with Gasteiger partial charge in [0.2, 0.25) is 10.0 Å². The maximum atomic E-state index is 13.1. The minimum Gasteiger partial charge on any atom is -0.494 e. The molecule has 0 atom stereocenters. The van der Waals surface area contributed by atoms with Crippen LogP contribution in [0.3, 0.4) is 0 Å². The third-order valence-corrected chi connectivity index (χ3v) is 7.59. The first-order valence-corrected chi connectivity index (χ1v) is 10.8. The van der Waals surface area contributed by atoms with Crippen molar-refractivity contribution >= 4 is 37.6 Å². The Labute approximate surface area is 157 Å². The number of sulfonamides is 1. The van der Waals surface area contributed by atoms with E-state index in [0.717, 1.165) is 25.9 Å². The summed E-state index contributed by atoms with van der Waals surface area (Å²) in [6, 6.07) is 3.61. The highest BCUT2D eigenvalue weighted by Crippen LogP contribution is 2.37. The number of rotatable bonds is 4. The number of ether oxygens (including phenoxy) is 1. The fourth-order valence-corrected chi connectivity index (χ4v) is 6.46. The standard InChI is InChI=1S/C16H22BrClN2O3S/c1-23-16-14(17)10-12(18)11-15(16)24(21,22)20-8-4-13(5-9-20)19-6-2-3-7-19/h10-11,13H,2-9H2,1H3. The van der Waals surface area contributed by atoms with Crippen molar-refractivity contribution in [3.8, 4) is 5.75 Å². The van der Waals surface area contributed by atoms with E-state index in [4.69, 9.17) is 16.3 Å². The monoisotopic (exact) mass is 436 g/mol. The van der Waals surface area contributed by atoms with Gasteiger partial charge in [0.05, 0.1) is 11.6 Å². The van der Waals surface area contributed by atoms with Gasteiger partial charge < -0.3 is 9.64 Å². The van der Waals surface area contributed by atoms with Crippen LogP contribution in [0.1, 0.15) is 25.7 Å². The molecule has 134 valence electrons.